The first-order chi connectivity index (χ1) is 6.13. The molecular formula is C9H12ClFN2. The number of halogens is 2. The molecular weight excluding hydrogens is 191 g/mol. The Morgan fingerprint density at radius 2 is 2.31 bits per heavy atom. The predicted molar refractivity (Wildman–Crippen MR) is 53.5 cm³/mol. The number of nitrogens with two attached hydrogens (primary N) is 1. The van der Waals surface area contributed by atoms with E-state index in [1.807, 2.05) is 6.92 Å². The van der Waals surface area contributed by atoms with Crippen molar-refractivity contribution in [2.75, 3.05) is 11.9 Å². The largest absolute Gasteiger partial charge is 0.381 e. The van der Waals surface area contributed by atoms with Gasteiger partial charge in [-0.05, 0) is 25.1 Å². The van der Waals surface area contributed by atoms with Crippen LogP contribution < -0.4 is 11.1 Å². The van der Waals surface area contributed by atoms with E-state index in [9.17, 15) is 4.39 Å². The fourth-order valence-electron chi connectivity index (χ4n) is 0.929. The van der Waals surface area contributed by atoms with Crippen LogP contribution in [-0.4, -0.2) is 12.6 Å². The highest BCUT2D eigenvalue weighted by molar-refractivity contribution is 6.31. The molecule has 4 heteroatoms. The minimum atomic E-state index is -0.410. The van der Waals surface area contributed by atoms with Crippen LogP contribution in [0, 0.1) is 5.82 Å². The standard InChI is InChI=1S/C9H12ClFN2/c1-6(5-12)13-7-2-3-9(11)8(10)4-7/h2-4,6,13H,5,12H2,1H3. The fraction of sp³-hybridized carbons (Fsp3) is 0.333. The summed E-state index contributed by atoms with van der Waals surface area (Å²) in [7, 11) is 0. The number of rotatable bonds is 3. The van der Waals surface area contributed by atoms with Crippen LogP contribution >= 0.6 is 11.6 Å². The fourth-order valence-corrected chi connectivity index (χ4v) is 1.11. The number of nitrogens with one attached hydrogen (secondary N) is 1. The van der Waals surface area contributed by atoms with Crippen molar-refractivity contribution in [3.8, 4) is 0 Å². The summed E-state index contributed by atoms with van der Waals surface area (Å²) in [5.74, 6) is -0.410. The Kier molecular flexibility index (Phi) is 3.51. The zero-order valence-corrected chi connectivity index (χ0v) is 8.11. The molecule has 0 radical (unpaired) electrons. The van der Waals surface area contributed by atoms with Gasteiger partial charge >= 0.3 is 0 Å². The minimum Gasteiger partial charge on any atom is -0.381 e. The third-order valence-electron chi connectivity index (χ3n) is 1.69. The van der Waals surface area contributed by atoms with Crippen LogP contribution in [0.4, 0.5) is 10.1 Å². The Bertz CT molecular complexity index is 291. The van der Waals surface area contributed by atoms with Gasteiger partial charge < -0.3 is 11.1 Å². The molecule has 1 rings (SSSR count). The van der Waals surface area contributed by atoms with Crippen molar-refractivity contribution in [1.29, 1.82) is 0 Å². The van der Waals surface area contributed by atoms with Gasteiger partial charge in [-0.1, -0.05) is 11.6 Å². The van der Waals surface area contributed by atoms with Crippen LogP contribution in [-0.2, 0) is 0 Å². The van der Waals surface area contributed by atoms with Gasteiger partial charge in [-0.25, -0.2) is 4.39 Å². The molecule has 0 saturated carbocycles. The SMILES string of the molecule is CC(CN)Nc1ccc(F)c(Cl)c1. The molecule has 0 fully saturated rings. The highest BCUT2D eigenvalue weighted by Crippen LogP contribution is 2.19. The maximum Gasteiger partial charge on any atom is 0.141 e. The maximum atomic E-state index is 12.7. The number of hydrogen-bond acceptors (Lipinski definition) is 2. The Labute approximate surface area is 81.9 Å². The van der Waals surface area contributed by atoms with Crippen molar-refractivity contribution in [2.45, 2.75) is 13.0 Å². The van der Waals surface area contributed by atoms with Crippen LogP contribution in [0.5, 0.6) is 0 Å². The van der Waals surface area contributed by atoms with Crippen molar-refractivity contribution >= 4 is 17.3 Å². The lowest BCUT2D eigenvalue weighted by Crippen LogP contribution is -2.25. The van der Waals surface area contributed by atoms with Gasteiger partial charge in [0.15, 0.2) is 0 Å². The lowest BCUT2D eigenvalue weighted by atomic mass is 10.2. The molecule has 13 heavy (non-hydrogen) atoms. The molecule has 2 nitrogen and oxygen atoms in total. The normalized spacial score (nSPS) is 12.6. The number of anilines is 1. The zero-order chi connectivity index (χ0) is 9.84. The summed E-state index contributed by atoms with van der Waals surface area (Å²) < 4.78 is 12.7. The number of hydrogen-bond donors (Lipinski definition) is 2. The molecule has 0 aliphatic carbocycles. The molecule has 0 heterocycles. The Morgan fingerprint density at radius 3 is 2.85 bits per heavy atom. The van der Waals surface area contributed by atoms with Crippen LogP contribution in [0.2, 0.25) is 5.02 Å². The molecule has 72 valence electrons. The topological polar surface area (TPSA) is 38.0 Å². The molecule has 0 aromatic heterocycles. The van der Waals surface area contributed by atoms with Gasteiger partial charge in [0, 0.05) is 18.3 Å². The summed E-state index contributed by atoms with van der Waals surface area (Å²) in [5, 5.41) is 3.20. The van der Waals surface area contributed by atoms with Gasteiger partial charge in [0.1, 0.15) is 5.82 Å². The highest BCUT2D eigenvalue weighted by Gasteiger charge is 2.02. The van der Waals surface area contributed by atoms with Gasteiger partial charge in [-0.2, -0.15) is 0 Å². The molecule has 0 aliphatic heterocycles. The summed E-state index contributed by atoms with van der Waals surface area (Å²) in [5.41, 5.74) is 6.20. The molecule has 0 spiro atoms. The summed E-state index contributed by atoms with van der Waals surface area (Å²) in [6, 6.07) is 4.66. The lowest BCUT2D eigenvalue weighted by Gasteiger charge is -2.12. The molecule has 1 atom stereocenters. The molecule has 3 N–H and O–H groups in total. The first-order valence-corrected chi connectivity index (χ1v) is 4.43. The third kappa shape index (κ3) is 2.86. The highest BCUT2D eigenvalue weighted by atomic mass is 35.5. The maximum absolute atomic E-state index is 12.7. The average Bonchev–Trinajstić information content (AvgIpc) is 2.11. The van der Waals surface area contributed by atoms with E-state index in [0.717, 1.165) is 5.69 Å². The molecule has 0 saturated heterocycles. The van der Waals surface area contributed by atoms with E-state index in [1.54, 1.807) is 12.1 Å². The Balaban J connectivity index is 2.73. The van der Waals surface area contributed by atoms with Crippen molar-refractivity contribution in [2.24, 2.45) is 5.73 Å². The molecule has 1 unspecified atom stereocenters. The van der Waals surface area contributed by atoms with E-state index in [2.05, 4.69) is 5.32 Å². The summed E-state index contributed by atoms with van der Waals surface area (Å²) in [6.07, 6.45) is 0. The number of benzene rings is 1. The summed E-state index contributed by atoms with van der Waals surface area (Å²) >= 11 is 5.59. The first-order valence-electron chi connectivity index (χ1n) is 4.05. The zero-order valence-electron chi connectivity index (χ0n) is 7.35. The van der Waals surface area contributed by atoms with E-state index in [1.165, 1.54) is 6.07 Å². The van der Waals surface area contributed by atoms with Gasteiger partial charge in [-0.15, -0.1) is 0 Å². The molecule has 1 aromatic rings. The van der Waals surface area contributed by atoms with Crippen LogP contribution in [0.25, 0.3) is 0 Å². The minimum absolute atomic E-state index is 0.120. The molecule has 0 amide bonds. The second kappa shape index (κ2) is 4.44. The first kappa shape index (κ1) is 10.3. The van der Waals surface area contributed by atoms with E-state index in [0.29, 0.717) is 6.54 Å². The van der Waals surface area contributed by atoms with E-state index in [-0.39, 0.29) is 11.1 Å². The van der Waals surface area contributed by atoms with Gasteiger partial charge in [0.2, 0.25) is 0 Å². The van der Waals surface area contributed by atoms with Gasteiger partial charge in [-0.3, -0.25) is 0 Å². The van der Waals surface area contributed by atoms with Crippen molar-refractivity contribution < 1.29 is 4.39 Å². The average molecular weight is 203 g/mol. The monoisotopic (exact) mass is 202 g/mol. The second-order valence-corrected chi connectivity index (χ2v) is 3.32. The van der Waals surface area contributed by atoms with E-state index in [4.69, 9.17) is 17.3 Å². The Morgan fingerprint density at radius 1 is 1.62 bits per heavy atom. The summed E-state index contributed by atoms with van der Waals surface area (Å²) in [6.45, 7) is 2.46. The molecule has 0 bridgehead atoms. The van der Waals surface area contributed by atoms with Gasteiger partial charge in [0.05, 0.1) is 5.02 Å². The van der Waals surface area contributed by atoms with Crippen LogP contribution in [0.1, 0.15) is 6.92 Å². The lowest BCUT2D eigenvalue weighted by molar-refractivity contribution is 0.628. The Hall–Kier alpha value is -0.800. The quantitative estimate of drug-likeness (QED) is 0.789. The molecule has 1 aromatic carbocycles. The second-order valence-electron chi connectivity index (χ2n) is 2.91. The van der Waals surface area contributed by atoms with E-state index < -0.39 is 5.82 Å². The van der Waals surface area contributed by atoms with Crippen LogP contribution in [0.3, 0.4) is 0 Å². The van der Waals surface area contributed by atoms with E-state index >= 15 is 0 Å². The third-order valence-corrected chi connectivity index (χ3v) is 1.98. The van der Waals surface area contributed by atoms with Crippen molar-refractivity contribution in [1.82, 2.24) is 0 Å². The summed E-state index contributed by atoms with van der Waals surface area (Å²) in [4.78, 5) is 0. The predicted octanol–water partition coefficient (Wildman–Crippen LogP) is 2.24. The van der Waals surface area contributed by atoms with Gasteiger partial charge in [0.25, 0.3) is 0 Å². The smallest absolute Gasteiger partial charge is 0.141 e. The molecule has 0 aliphatic rings. The van der Waals surface area contributed by atoms with Crippen molar-refractivity contribution in [3.05, 3.63) is 29.0 Å². The van der Waals surface area contributed by atoms with Crippen LogP contribution in [0.15, 0.2) is 18.2 Å². The van der Waals surface area contributed by atoms with Crippen molar-refractivity contribution in [3.63, 3.8) is 0 Å².